The molecule has 0 aliphatic carbocycles. The Bertz CT molecular complexity index is 891. The second kappa shape index (κ2) is 8.51. The molecule has 0 bridgehead atoms. The molecule has 0 spiro atoms. The molecular formula is C20H22N4O4. The Labute approximate surface area is 163 Å². The summed E-state index contributed by atoms with van der Waals surface area (Å²) in [6.45, 7) is 3.40. The Morgan fingerprint density at radius 1 is 0.964 bits per heavy atom. The van der Waals surface area contributed by atoms with E-state index in [4.69, 9.17) is 4.74 Å². The molecule has 1 aromatic carbocycles. The zero-order valence-electron chi connectivity index (χ0n) is 15.8. The van der Waals surface area contributed by atoms with Crippen LogP contribution in [0.5, 0.6) is 5.75 Å². The van der Waals surface area contributed by atoms with Crippen molar-refractivity contribution in [3.63, 3.8) is 0 Å². The van der Waals surface area contributed by atoms with Crippen molar-refractivity contribution in [1.29, 1.82) is 0 Å². The van der Waals surface area contributed by atoms with E-state index in [2.05, 4.69) is 10.3 Å². The molecule has 2 heterocycles. The van der Waals surface area contributed by atoms with Crippen LogP contribution < -0.4 is 10.1 Å². The Balaban J connectivity index is 1.68. The van der Waals surface area contributed by atoms with Gasteiger partial charge in [-0.15, -0.1) is 0 Å². The van der Waals surface area contributed by atoms with Gasteiger partial charge in [0.25, 0.3) is 11.8 Å². The topological polar surface area (TPSA) is 91.8 Å². The Morgan fingerprint density at radius 3 is 2.29 bits per heavy atom. The monoisotopic (exact) mass is 382 g/mol. The zero-order valence-corrected chi connectivity index (χ0v) is 15.8. The van der Waals surface area contributed by atoms with E-state index in [1.807, 2.05) is 0 Å². The second-order valence-electron chi connectivity index (χ2n) is 6.39. The maximum atomic E-state index is 12.7. The van der Waals surface area contributed by atoms with Gasteiger partial charge < -0.3 is 19.9 Å². The standard InChI is InChI=1S/C20H22N4O4/c1-14(25)23-9-11-24(12-10-23)20(27)18-8-4-7-17(22-18)19(26)21-15-5-3-6-16(13-15)28-2/h3-8,13H,9-12H2,1-2H3,(H,21,26). The number of hydrogen-bond donors (Lipinski definition) is 1. The summed E-state index contributed by atoms with van der Waals surface area (Å²) in [4.78, 5) is 44.2. The van der Waals surface area contributed by atoms with Crippen molar-refractivity contribution in [2.45, 2.75) is 6.92 Å². The number of piperazine rings is 1. The van der Waals surface area contributed by atoms with Crippen LogP contribution in [0.3, 0.4) is 0 Å². The van der Waals surface area contributed by atoms with Crippen LogP contribution in [0, 0.1) is 0 Å². The quantitative estimate of drug-likeness (QED) is 0.868. The first-order valence-electron chi connectivity index (χ1n) is 8.95. The van der Waals surface area contributed by atoms with Gasteiger partial charge in [0.05, 0.1) is 7.11 Å². The number of amides is 3. The second-order valence-corrected chi connectivity index (χ2v) is 6.39. The first-order chi connectivity index (χ1) is 13.5. The normalized spacial score (nSPS) is 13.8. The molecule has 0 atom stereocenters. The third-order valence-corrected chi connectivity index (χ3v) is 4.54. The number of carbonyl (C=O) groups excluding carboxylic acids is 3. The van der Waals surface area contributed by atoms with E-state index >= 15 is 0 Å². The molecule has 1 aliphatic heterocycles. The fourth-order valence-corrected chi connectivity index (χ4v) is 2.96. The highest BCUT2D eigenvalue weighted by molar-refractivity contribution is 6.04. The molecule has 28 heavy (non-hydrogen) atoms. The molecule has 0 saturated carbocycles. The smallest absolute Gasteiger partial charge is 0.274 e. The molecule has 8 nitrogen and oxygen atoms in total. The van der Waals surface area contributed by atoms with Crippen LogP contribution in [0.4, 0.5) is 5.69 Å². The first-order valence-corrected chi connectivity index (χ1v) is 8.95. The maximum absolute atomic E-state index is 12.7. The lowest BCUT2D eigenvalue weighted by molar-refractivity contribution is -0.130. The Hall–Kier alpha value is -3.42. The predicted molar refractivity (Wildman–Crippen MR) is 103 cm³/mol. The van der Waals surface area contributed by atoms with E-state index < -0.39 is 5.91 Å². The maximum Gasteiger partial charge on any atom is 0.274 e. The van der Waals surface area contributed by atoms with Crippen LogP contribution in [-0.2, 0) is 4.79 Å². The van der Waals surface area contributed by atoms with Crippen molar-refractivity contribution in [3.8, 4) is 5.75 Å². The van der Waals surface area contributed by atoms with Crippen molar-refractivity contribution in [2.24, 2.45) is 0 Å². The summed E-state index contributed by atoms with van der Waals surface area (Å²) in [6.07, 6.45) is 0. The summed E-state index contributed by atoms with van der Waals surface area (Å²) in [5, 5.41) is 2.75. The van der Waals surface area contributed by atoms with E-state index in [1.54, 1.807) is 59.4 Å². The summed E-state index contributed by atoms with van der Waals surface area (Å²) < 4.78 is 5.14. The molecule has 146 valence electrons. The molecule has 1 aromatic heterocycles. The average Bonchev–Trinajstić information content (AvgIpc) is 2.73. The lowest BCUT2D eigenvalue weighted by atomic mass is 10.2. The summed E-state index contributed by atoms with van der Waals surface area (Å²) in [5.74, 6) is -0.0376. The largest absolute Gasteiger partial charge is 0.497 e. The summed E-state index contributed by atoms with van der Waals surface area (Å²) >= 11 is 0. The van der Waals surface area contributed by atoms with E-state index in [0.29, 0.717) is 37.6 Å². The van der Waals surface area contributed by atoms with Crippen LogP contribution in [0.15, 0.2) is 42.5 Å². The number of aromatic nitrogens is 1. The highest BCUT2D eigenvalue weighted by atomic mass is 16.5. The third kappa shape index (κ3) is 4.46. The van der Waals surface area contributed by atoms with Crippen molar-refractivity contribution in [1.82, 2.24) is 14.8 Å². The van der Waals surface area contributed by atoms with Gasteiger partial charge in [0, 0.05) is 44.9 Å². The first kappa shape index (κ1) is 19.3. The molecule has 1 saturated heterocycles. The molecular weight excluding hydrogens is 360 g/mol. The van der Waals surface area contributed by atoms with E-state index in [9.17, 15) is 14.4 Å². The van der Waals surface area contributed by atoms with Gasteiger partial charge in [-0.1, -0.05) is 12.1 Å². The molecule has 1 fully saturated rings. The van der Waals surface area contributed by atoms with E-state index in [1.165, 1.54) is 6.92 Å². The number of pyridine rings is 1. The van der Waals surface area contributed by atoms with Gasteiger partial charge in [0.15, 0.2) is 0 Å². The van der Waals surface area contributed by atoms with Gasteiger partial charge >= 0.3 is 0 Å². The number of nitrogens with zero attached hydrogens (tertiary/aromatic N) is 3. The number of ether oxygens (including phenoxy) is 1. The molecule has 8 heteroatoms. The highest BCUT2D eigenvalue weighted by Gasteiger charge is 2.24. The van der Waals surface area contributed by atoms with Crippen LogP contribution in [0.2, 0.25) is 0 Å². The molecule has 1 aliphatic rings. The molecule has 0 unspecified atom stereocenters. The molecule has 0 radical (unpaired) electrons. The number of nitrogens with one attached hydrogen (secondary N) is 1. The van der Waals surface area contributed by atoms with E-state index in [-0.39, 0.29) is 23.2 Å². The van der Waals surface area contributed by atoms with Crippen molar-refractivity contribution < 1.29 is 19.1 Å². The van der Waals surface area contributed by atoms with Gasteiger partial charge in [-0.05, 0) is 24.3 Å². The fraction of sp³-hybridized carbons (Fsp3) is 0.300. The lowest BCUT2D eigenvalue weighted by Gasteiger charge is -2.34. The van der Waals surface area contributed by atoms with Crippen molar-refractivity contribution in [3.05, 3.63) is 53.9 Å². The van der Waals surface area contributed by atoms with Gasteiger partial charge in [0.1, 0.15) is 17.1 Å². The van der Waals surface area contributed by atoms with Crippen molar-refractivity contribution in [2.75, 3.05) is 38.6 Å². The SMILES string of the molecule is COc1cccc(NC(=O)c2cccc(C(=O)N3CCN(C(C)=O)CC3)n2)c1. The summed E-state index contributed by atoms with van der Waals surface area (Å²) in [6, 6.07) is 11.8. The van der Waals surface area contributed by atoms with Crippen molar-refractivity contribution >= 4 is 23.4 Å². The number of methoxy groups -OCH3 is 1. The molecule has 3 amide bonds. The Morgan fingerprint density at radius 2 is 1.61 bits per heavy atom. The number of hydrogen-bond acceptors (Lipinski definition) is 5. The fourth-order valence-electron chi connectivity index (χ4n) is 2.96. The van der Waals surface area contributed by atoms with Crippen LogP contribution in [0.25, 0.3) is 0 Å². The minimum Gasteiger partial charge on any atom is -0.497 e. The minimum atomic E-state index is -0.413. The van der Waals surface area contributed by atoms with E-state index in [0.717, 1.165) is 0 Å². The van der Waals surface area contributed by atoms with Crippen LogP contribution in [-0.4, -0.2) is 65.8 Å². The molecule has 2 aromatic rings. The van der Waals surface area contributed by atoms with Gasteiger partial charge in [-0.3, -0.25) is 14.4 Å². The van der Waals surface area contributed by atoms with Gasteiger partial charge in [0.2, 0.25) is 5.91 Å². The Kier molecular flexibility index (Phi) is 5.88. The number of anilines is 1. The number of rotatable bonds is 4. The van der Waals surface area contributed by atoms with Gasteiger partial charge in [-0.2, -0.15) is 0 Å². The van der Waals surface area contributed by atoms with Crippen LogP contribution in [0.1, 0.15) is 27.9 Å². The molecule has 1 N–H and O–H groups in total. The lowest BCUT2D eigenvalue weighted by Crippen LogP contribution is -2.50. The summed E-state index contributed by atoms with van der Waals surface area (Å²) in [7, 11) is 1.55. The third-order valence-electron chi connectivity index (χ3n) is 4.54. The molecule has 3 rings (SSSR count). The number of carbonyl (C=O) groups is 3. The predicted octanol–water partition coefficient (Wildman–Crippen LogP) is 1.65. The highest BCUT2D eigenvalue weighted by Crippen LogP contribution is 2.17. The minimum absolute atomic E-state index is 0.00133. The van der Waals surface area contributed by atoms with Crippen LogP contribution >= 0.6 is 0 Å². The zero-order chi connectivity index (χ0) is 20.1. The average molecular weight is 382 g/mol. The summed E-state index contributed by atoms with van der Waals surface area (Å²) in [5.41, 5.74) is 0.925. The number of benzene rings is 1. The van der Waals surface area contributed by atoms with Gasteiger partial charge in [-0.25, -0.2) is 4.98 Å².